The number of nitrogens with zero attached hydrogens (tertiary/aromatic N) is 4. The Balaban J connectivity index is 1.46. The molecule has 3 heterocycles. The first kappa shape index (κ1) is 16.5. The third kappa shape index (κ3) is 3.82. The Morgan fingerprint density at radius 1 is 1.20 bits per heavy atom. The molecule has 1 aliphatic heterocycles. The minimum absolute atomic E-state index is 0.801. The quantitative estimate of drug-likeness (QED) is 0.908. The molecule has 25 heavy (non-hydrogen) atoms. The minimum Gasteiger partial charge on any atom is -0.370 e. The van der Waals surface area contributed by atoms with Gasteiger partial charge in [-0.1, -0.05) is 0 Å². The molecule has 0 bridgehead atoms. The SMILES string of the molecule is CN1CCC(CCNc2nc(-c3cccnc3)nc3c2CCC3)CC1. The van der Waals surface area contributed by atoms with Crippen molar-refractivity contribution in [1.82, 2.24) is 19.9 Å². The van der Waals surface area contributed by atoms with Crippen molar-refractivity contribution in [2.45, 2.75) is 38.5 Å². The van der Waals surface area contributed by atoms with Crippen LogP contribution in [0.5, 0.6) is 0 Å². The van der Waals surface area contributed by atoms with Gasteiger partial charge in [-0.3, -0.25) is 4.98 Å². The van der Waals surface area contributed by atoms with Crippen LogP contribution in [0.25, 0.3) is 11.4 Å². The van der Waals surface area contributed by atoms with Gasteiger partial charge >= 0.3 is 0 Å². The first-order valence-corrected chi connectivity index (χ1v) is 9.52. The molecule has 0 spiro atoms. The van der Waals surface area contributed by atoms with Crippen molar-refractivity contribution >= 4 is 5.82 Å². The van der Waals surface area contributed by atoms with Crippen LogP contribution in [-0.2, 0) is 12.8 Å². The predicted octanol–water partition coefficient (Wildman–Crippen LogP) is 3.17. The molecule has 0 atom stereocenters. The van der Waals surface area contributed by atoms with E-state index in [1.54, 1.807) is 6.20 Å². The fourth-order valence-corrected chi connectivity index (χ4v) is 3.95. The maximum absolute atomic E-state index is 4.84. The molecule has 2 aromatic rings. The molecule has 0 aromatic carbocycles. The summed E-state index contributed by atoms with van der Waals surface area (Å²) in [6.07, 6.45) is 10.9. The summed E-state index contributed by atoms with van der Waals surface area (Å²) in [6, 6.07) is 3.98. The maximum Gasteiger partial charge on any atom is 0.163 e. The van der Waals surface area contributed by atoms with Crippen molar-refractivity contribution in [3.05, 3.63) is 35.8 Å². The average molecular weight is 337 g/mol. The largest absolute Gasteiger partial charge is 0.370 e. The van der Waals surface area contributed by atoms with E-state index in [4.69, 9.17) is 9.97 Å². The number of aryl methyl sites for hydroxylation is 1. The number of hydrogen-bond acceptors (Lipinski definition) is 5. The van der Waals surface area contributed by atoms with E-state index >= 15 is 0 Å². The zero-order valence-electron chi connectivity index (χ0n) is 15.0. The van der Waals surface area contributed by atoms with Gasteiger partial charge in [0.25, 0.3) is 0 Å². The van der Waals surface area contributed by atoms with Crippen molar-refractivity contribution in [3.63, 3.8) is 0 Å². The molecule has 4 rings (SSSR count). The highest BCUT2D eigenvalue weighted by Crippen LogP contribution is 2.29. The molecular weight excluding hydrogens is 310 g/mol. The van der Waals surface area contributed by atoms with Crippen LogP contribution < -0.4 is 5.32 Å². The summed E-state index contributed by atoms with van der Waals surface area (Å²) in [4.78, 5) is 16.3. The van der Waals surface area contributed by atoms with Gasteiger partial charge in [-0.25, -0.2) is 9.97 Å². The first-order chi connectivity index (χ1) is 12.3. The summed E-state index contributed by atoms with van der Waals surface area (Å²) in [6.45, 7) is 3.47. The molecule has 2 aliphatic rings. The lowest BCUT2D eigenvalue weighted by molar-refractivity contribution is 0.215. The van der Waals surface area contributed by atoms with Gasteiger partial charge in [0.2, 0.25) is 0 Å². The van der Waals surface area contributed by atoms with Crippen LogP contribution >= 0.6 is 0 Å². The fourth-order valence-electron chi connectivity index (χ4n) is 3.95. The summed E-state index contributed by atoms with van der Waals surface area (Å²) in [7, 11) is 2.22. The standard InChI is InChI=1S/C20H27N5/c1-25-12-8-15(9-13-25)7-11-22-20-17-5-2-6-18(17)23-19(24-20)16-4-3-10-21-14-16/h3-4,10,14-15H,2,5-9,11-13H2,1H3,(H,22,23,24). The molecule has 0 unspecified atom stereocenters. The van der Waals surface area contributed by atoms with Gasteiger partial charge < -0.3 is 10.2 Å². The van der Waals surface area contributed by atoms with Gasteiger partial charge in [0.05, 0.1) is 0 Å². The lowest BCUT2D eigenvalue weighted by Crippen LogP contribution is -2.31. The van der Waals surface area contributed by atoms with E-state index in [0.29, 0.717) is 0 Å². The zero-order valence-corrected chi connectivity index (χ0v) is 15.0. The Bertz CT molecular complexity index is 708. The third-order valence-corrected chi connectivity index (χ3v) is 5.54. The summed E-state index contributed by atoms with van der Waals surface area (Å²) < 4.78 is 0. The predicted molar refractivity (Wildman–Crippen MR) is 101 cm³/mol. The van der Waals surface area contributed by atoms with E-state index in [-0.39, 0.29) is 0 Å². The summed E-state index contributed by atoms with van der Waals surface area (Å²) in [5, 5.41) is 3.63. The lowest BCUT2D eigenvalue weighted by Gasteiger charge is -2.29. The molecule has 0 amide bonds. The van der Waals surface area contributed by atoms with Crippen molar-refractivity contribution in [2.24, 2.45) is 5.92 Å². The maximum atomic E-state index is 4.84. The molecule has 1 aliphatic carbocycles. The number of rotatable bonds is 5. The average Bonchev–Trinajstić information content (AvgIpc) is 3.13. The Labute approximate surface area is 149 Å². The summed E-state index contributed by atoms with van der Waals surface area (Å²) in [5.74, 6) is 2.70. The van der Waals surface area contributed by atoms with Crippen molar-refractivity contribution in [3.8, 4) is 11.4 Å². The Morgan fingerprint density at radius 3 is 2.88 bits per heavy atom. The molecule has 5 heteroatoms. The fraction of sp³-hybridized carbons (Fsp3) is 0.550. The van der Waals surface area contributed by atoms with Crippen LogP contribution in [0.1, 0.15) is 36.9 Å². The highest BCUT2D eigenvalue weighted by Gasteiger charge is 2.21. The van der Waals surface area contributed by atoms with Gasteiger partial charge in [-0.2, -0.15) is 0 Å². The Morgan fingerprint density at radius 2 is 2.08 bits per heavy atom. The summed E-state index contributed by atoms with van der Waals surface area (Å²) in [5.41, 5.74) is 3.54. The second-order valence-electron chi connectivity index (χ2n) is 7.38. The third-order valence-electron chi connectivity index (χ3n) is 5.54. The molecule has 0 saturated carbocycles. The van der Waals surface area contributed by atoms with Gasteiger partial charge in [-0.05, 0) is 76.7 Å². The van der Waals surface area contributed by atoms with Crippen LogP contribution in [0.3, 0.4) is 0 Å². The number of aromatic nitrogens is 3. The van der Waals surface area contributed by atoms with Crippen molar-refractivity contribution < 1.29 is 0 Å². The number of fused-ring (bicyclic) bond motifs is 1. The van der Waals surface area contributed by atoms with Crippen LogP contribution in [0, 0.1) is 5.92 Å². The second kappa shape index (κ2) is 7.48. The van der Waals surface area contributed by atoms with Crippen LogP contribution in [-0.4, -0.2) is 46.5 Å². The Hall–Kier alpha value is -2.01. The van der Waals surface area contributed by atoms with E-state index in [2.05, 4.69) is 22.2 Å². The van der Waals surface area contributed by atoms with E-state index in [0.717, 1.165) is 42.5 Å². The number of nitrogens with one attached hydrogen (secondary N) is 1. The second-order valence-corrected chi connectivity index (χ2v) is 7.38. The topological polar surface area (TPSA) is 53.9 Å². The molecule has 1 saturated heterocycles. The normalized spacial score (nSPS) is 18.3. The van der Waals surface area contributed by atoms with Crippen LogP contribution in [0.15, 0.2) is 24.5 Å². The van der Waals surface area contributed by atoms with Crippen LogP contribution in [0.2, 0.25) is 0 Å². The minimum atomic E-state index is 0.801. The number of pyridine rings is 1. The monoisotopic (exact) mass is 337 g/mol. The van der Waals surface area contributed by atoms with E-state index in [1.165, 1.54) is 50.0 Å². The number of likely N-dealkylation sites (tertiary alicyclic amines) is 1. The smallest absolute Gasteiger partial charge is 0.163 e. The number of hydrogen-bond donors (Lipinski definition) is 1. The van der Waals surface area contributed by atoms with Gasteiger partial charge in [0, 0.05) is 35.8 Å². The highest BCUT2D eigenvalue weighted by molar-refractivity contribution is 5.59. The highest BCUT2D eigenvalue weighted by atomic mass is 15.1. The van der Waals surface area contributed by atoms with Gasteiger partial charge in [0.1, 0.15) is 5.82 Å². The van der Waals surface area contributed by atoms with E-state index in [1.807, 2.05) is 18.3 Å². The van der Waals surface area contributed by atoms with Crippen molar-refractivity contribution in [2.75, 3.05) is 32.0 Å². The zero-order chi connectivity index (χ0) is 17.1. The van der Waals surface area contributed by atoms with E-state index in [9.17, 15) is 0 Å². The molecule has 1 N–H and O–H groups in total. The molecule has 1 fully saturated rings. The van der Waals surface area contributed by atoms with Gasteiger partial charge in [0.15, 0.2) is 5.82 Å². The molecule has 2 aromatic heterocycles. The number of piperidine rings is 1. The van der Waals surface area contributed by atoms with Gasteiger partial charge in [-0.15, -0.1) is 0 Å². The van der Waals surface area contributed by atoms with Crippen molar-refractivity contribution in [1.29, 1.82) is 0 Å². The lowest BCUT2D eigenvalue weighted by atomic mass is 9.94. The molecule has 0 radical (unpaired) electrons. The first-order valence-electron chi connectivity index (χ1n) is 9.52. The molecule has 132 valence electrons. The van der Waals surface area contributed by atoms with Crippen LogP contribution in [0.4, 0.5) is 5.82 Å². The van der Waals surface area contributed by atoms with E-state index < -0.39 is 0 Å². The summed E-state index contributed by atoms with van der Waals surface area (Å²) >= 11 is 0. The number of anilines is 1. The Kier molecular flexibility index (Phi) is 4.92. The molecular formula is C20H27N5. The molecule has 5 nitrogen and oxygen atoms in total.